The minimum Gasteiger partial charge on any atom is -0.342 e. The molecule has 0 aliphatic carbocycles. The molecule has 0 spiro atoms. The van der Waals surface area contributed by atoms with Crippen LogP contribution in [0, 0.1) is 10.1 Å². The summed E-state index contributed by atoms with van der Waals surface area (Å²) >= 11 is 6.02. The van der Waals surface area contributed by atoms with Crippen molar-refractivity contribution in [1.82, 2.24) is 10.2 Å². The first-order chi connectivity index (χ1) is 9.90. The van der Waals surface area contributed by atoms with E-state index in [4.69, 9.17) is 11.6 Å². The second-order valence-electron chi connectivity index (χ2n) is 4.65. The van der Waals surface area contributed by atoms with Crippen molar-refractivity contribution in [2.24, 2.45) is 0 Å². The van der Waals surface area contributed by atoms with E-state index in [0.717, 1.165) is 0 Å². The summed E-state index contributed by atoms with van der Waals surface area (Å²) in [5.74, 6) is 0.00144. The van der Waals surface area contributed by atoms with Crippen LogP contribution in [0.4, 0.5) is 5.69 Å². The third kappa shape index (κ3) is 4.68. The molecule has 0 heterocycles. The molecule has 0 saturated carbocycles. The van der Waals surface area contributed by atoms with Crippen molar-refractivity contribution < 1.29 is 9.72 Å². The highest BCUT2D eigenvalue weighted by Crippen LogP contribution is 2.22. The van der Waals surface area contributed by atoms with E-state index in [1.165, 1.54) is 18.2 Å². The highest BCUT2D eigenvalue weighted by atomic mass is 35.5. The number of carbonyl (C=O) groups excluding carboxylic acids is 1. The van der Waals surface area contributed by atoms with E-state index in [2.05, 4.69) is 5.32 Å². The first-order valence-electron chi connectivity index (χ1n) is 6.85. The Morgan fingerprint density at radius 1 is 1.43 bits per heavy atom. The van der Waals surface area contributed by atoms with E-state index in [1.807, 2.05) is 13.8 Å². The zero-order valence-corrected chi connectivity index (χ0v) is 13.2. The van der Waals surface area contributed by atoms with Crippen molar-refractivity contribution in [2.75, 3.05) is 13.1 Å². The highest BCUT2D eigenvalue weighted by Gasteiger charge is 2.18. The number of hydrogen-bond acceptors (Lipinski definition) is 4. The molecule has 0 radical (unpaired) electrons. The van der Waals surface area contributed by atoms with E-state index < -0.39 is 4.92 Å². The third-order valence-electron chi connectivity index (χ3n) is 3.28. The van der Waals surface area contributed by atoms with Crippen LogP contribution in [-0.2, 0) is 11.3 Å². The fraction of sp³-hybridized carbons (Fsp3) is 0.500. The fourth-order valence-corrected chi connectivity index (χ4v) is 2.15. The van der Waals surface area contributed by atoms with Gasteiger partial charge in [0.1, 0.15) is 0 Å². The minimum absolute atomic E-state index is 0.00144. The van der Waals surface area contributed by atoms with Gasteiger partial charge in [-0.1, -0.05) is 11.6 Å². The van der Waals surface area contributed by atoms with Crippen LogP contribution in [0.15, 0.2) is 18.2 Å². The second kappa shape index (κ2) is 7.95. The number of rotatable bonds is 7. The third-order valence-corrected chi connectivity index (χ3v) is 3.65. The molecule has 116 valence electrons. The molecule has 0 saturated heterocycles. The Balaban J connectivity index is 2.72. The summed E-state index contributed by atoms with van der Waals surface area (Å²) in [4.78, 5) is 24.1. The van der Waals surface area contributed by atoms with Crippen molar-refractivity contribution in [3.8, 4) is 0 Å². The molecule has 0 aliphatic rings. The van der Waals surface area contributed by atoms with Crippen molar-refractivity contribution in [3.05, 3.63) is 38.9 Å². The smallest absolute Gasteiger partial charge is 0.269 e. The lowest BCUT2D eigenvalue weighted by Gasteiger charge is -2.23. The van der Waals surface area contributed by atoms with Gasteiger partial charge in [0.25, 0.3) is 5.69 Å². The molecule has 0 aliphatic heterocycles. The molecule has 1 amide bonds. The largest absolute Gasteiger partial charge is 0.342 e. The van der Waals surface area contributed by atoms with Crippen LogP contribution in [0.1, 0.15) is 26.3 Å². The van der Waals surface area contributed by atoms with Gasteiger partial charge in [-0.05, 0) is 32.4 Å². The summed E-state index contributed by atoms with van der Waals surface area (Å²) in [6, 6.07) is 3.90. The van der Waals surface area contributed by atoms with Crippen LogP contribution < -0.4 is 5.32 Å². The molecule has 0 aromatic heterocycles. The summed E-state index contributed by atoms with van der Waals surface area (Å²) in [6.07, 6.45) is 0. The number of carbonyl (C=O) groups is 1. The predicted molar refractivity (Wildman–Crippen MR) is 82.3 cm³/mol. The van der Waals surface area contributed by atoms with Gasteiger partial charge in [0.15, 0.2) is 0 Å². The van der Waals surface area contributed by atoms with E-state index in [1.54, 1.807) is 11.8 Å². The maximum atomic E-state index is 12.1. The molecule has 0 bridgehead atoms. The molecule has 1 N–H and O–H groups in total. The van der Waals surface area contributed by atoms with Gasteiger partial charge >= 0.3 is 0 Å². The average Bonchev–Trinajstić information content (AvgIpc) is 2.46. The molecule has 21 heavy (non-hydrogen) atoms. The number of non-ortho nitro benzene ring substituents is 1. The Morgan fingerprint density at radius 2 is 2.05 bits per heavy atom. The van der Waals surface area contributed by atoms with Crippen LogP contribution in [0.3, 0.4) is 0 Å². The Hall–Kier alpha value is -1.66. The van der Waals surface area contributed by atoms with Crippen LogP contribution in [0.2, 0.25) is 5.02 Å². The molecule has 1 unspecified atom stereocenters. The zero-order chi connectivity index (χ0) is 16.0. The number of benzene rings is 1. The standard InChI is InChI=1S/C14H20ClN3O3/c1-4-17(5-2)14(19)10(3)16-9-11-8-12(18(20)21)6-7-13(11)15/h6-8,10,16H,4-5,9H2,1-3H3. The molecule has 0 fully saturated rings. The summed E-state index contributed by atoms with van der Waals surface area (Å²) in [5, 5.41) is 14.3. The number of nitrogens with one attached hydrogen (secondary N) is 1. The summed E-state index contributed by atoms with van der Waals surface area (Å²) in [5.41, 5.74) is 0.587. The second-order valence-corrected chi connectivity index (χ2v) is 5.05. The van der Waals surface area contributed by atoms with Gasteiger partial charge in [0, 0.05) is 36.8 Å². The lowest BCUT2D eigenvalue weighted by molar-refractivity contribution is -0.384. The van der Waals surface area contributed by atoms with E-state index in [-0.39, 0.29) is 17.6 Å². The highest BCUT2D eigenvalue weighted by molar-refractivity contribution is 6.31. The summed E-state index contributed by atoms with van der Waals surface area (Å²) < 4.78 is 0. The van der Waals surface area contributed by atoms with Crippen LogP contribution in [0.5, 0.6) is 0 Å². The molecule has 1 aromatic carbocycles. The molecule has 1 aromatic rings. The monoisotopic (exact) mass is 313 g/mol. The molecular formula is C14H20ClN3O3. The average molecular weight is 314 g/mol. The first kappa shape index (κ1) is 17.4. The van der Waals surface area contributed by atoms with Gasteiger partial charge < -0.3 is 10.2 Å². The molecule has 1 rings (SSSR count). The van der Waals surface area contributed by atoms with E-state index in [9.17, 15) is 14.9 Å². The maximum absolute atomic E-state index is 12.1. The number of hydrogen-bond donors (Lipinski definition) is 1. The van der Waals surface area contributed by atoms with Gasteiger partial charge in [0.2, 0.25) is 5.91 Å². The fourth-order valence-electron chi connectivity index (χ4n) is 1.97. The quantitative estimate of drug-likeness (QED) is 0.620. The number of likely N-dealkylation sites (N-methyl/N-ethyl adjacent to an activating group) is 1. The van der Waals surface area contributed by atoms with Crippen LogP contribution in [-0.4, -0.2) is 34.9 Å². The Bertz CT molecular complexity index is 518. The Labute approximate surface area is 129 Å². The SMILES string of the molecule is CCN(CC)C(=O)C(C)NCc1cc([N+](=O)[O-])ccc1Cl. The van der Waals surface area contributed by atoms with Crippen LogP contribution >= 0.6 is 11.6 Å². The molecule has 7 heteroatoms. The number of nitro groups is 1. The van der Waals surface area contributed by atoms with Gasteiger partial charge in [-0.2, -0.15) is 0 Å². The van der Waals surface area contributed by atoms with Crippen molar-refractivity contribution in [3.63, 3.8) is 0 Å². The van der Waals surface area contributed by atoms with E-state index >= 15 is 0 Å². The zero-order valence-electron chi connectivity index (χ0n) is 12.4. The van der Waals surface area contributed by atoms with Crippen LogP contribution in [0.25, 0.3) is 0 Å². The summed E-state index contributed by atoms with van der Waals surface area (Å²) in [7, 11) is 0. The van der Waals surface area contributed by atoms with E-state index in [0.29, 0.717) is 30.2 Å². The van der Waals surface area contributed by atoms with Gasteiger partial charge in [-0.15, -0.1) is 0 Å². The summed E-state index contributed by atoms with van der Waals surface area (Å²) in [6.45, 7) is 7.22. The normalized spacial score (nSPS) is 12.0. The van der Waals surface area contributed by atoms with Gasteiger partial charge in [-0.25, -0.2) is 0 Å². The lowest BCUT2D eigenvalue weighted by Crippen LogP contribution is -2.44. The Morgan fingerprint density at radius 3 is 2.57 bits per heavy atom. The predicted octanol–water partition coefficient (Wildman–Crippen LogP) is 2.59. The first-order valence-corrected chi connectivity index (χ1v) is 7.23. The number of nitrogens with zero attached hydrogens (tertiary/aromatic N) is 2. The molecular weight excluding hydrogens is 294 g/mol. The Kier molecular flexibility index (Phi) is 6.58. The minimum atomic E-state index is -0.468. The molecule has 6 nitrogen and oxygen atoms in total. The molecule has 1 atom stereocenters. The maximum Gasteiger partial charge on any atom is 0.269 e. The van der Waals surface area contributed by atoms with Crippen molar-refractivity contribution >= 4 is 23.2 Å². The topological polar surface area (TPSA) is 75.5 Å². The number of amides is 1. The van der Waals surface area contributed by atoms with Gasteiger partial charge in [0.05, 0.1) is 11.0 Å². The number of halogens is 1. The van der Waals surface area contributed by atoms with Crippen molar-refractivity contribution in [2.45, 2.75) is 33.4 Å². The van der Waals surface area contributed by atoms with Gasteiger partial charge in [-0.3, -0.25) is 14.9 Å². The van der Waals surface area contributed by atoms with Crippen molar-refractivity contribution in [1.29, 1.82) is 0 Å². The lowest BCUT2D eigenvalue weighted by atomic mass is 10.2. The number of nitro benzene ring substituents is 1.